The lowest BCUT2D eigenvalue weighted by Crippen LogP contribution is -2.06. The van der Waals surface area contributed by atoms with Crippen LogP contribution in [0.5, 0.6) is 0 Å². The Balaban J connectivity index is 2.88. The van der Waals surface area contributed by atoms with Gasteiger partial charge in [-0.05, 0) is 12.8 Å². The highest BCUT2D eigenvalue weighted by atomic mass is 16.7. The Morgan fingerprint density at radius 1 is 0.474 bits per heavy atom. The summed E-state index contributed by atoms with van der Waals surface area (Å²) in [5, 5.41) is 0. The minimum Gasteiger partial charge on any atom is -0.355 e. The van der Waals surface area contributed by atoms with E-state index >= 15 is 0 Å². The van der Waals surface area contributed by atoms with Crippen LogP contribution in [0.1, 0.15) is 78.1 Å². The fourth-order valence-electron chi connectivity index (χ4n) is 1.89. The summed E-state index contributed by atoms with van der Waals surface area (Å²) in [7, 11) is 0. The summed E-state index contributed by atoms with van der Waals surface area (Å²) in [5.41, 5.74) is 0. The van der Waals surface area contributed by atoms with Crippen molar-refractivity contribution in [1.29, 1.82) is 0 Å². The molecule has 0 aliphatic rings. The van der Waals surface area contributed by atoms with E-state index in [-0.39, 0.29) is 0 Å². The Morgan fingerprint density at radius 2 is 0.895 bits per heavy atom. The molecule has 0 atom stereocenters. The van der Waals surface area contributed by atoms with Crippen LogP contribution in [0, 0.1) is 0 Å². The molecule has 0 rings (SSSR count). The van der Waals surface area contributed by atoms with Gasteiger partial charge < -0.3 is 14.2 Å². The van der Waals surface area contributed by atoms with E-state index in [0.717, 1.165) is 26.1 Å². The van der Waals surface area contributed by atoms with Gasteiger partial charge in [-0.3, -0.25) is 0 Å². The fourth-order valence-corrected chi connectivity index (χ4v) is 1.89. The predicted molar refractivity (Wildman–Crippen MR) is 80.2 cm³/mol. The van der Waals surface area contributed by atoms with Gasteiger partial charge in [0.1, 0.15) is 13.6 Å². The van der Waals surface area contributed by atoms with E-state index < -0.39 is 0 Å². The van der Waals surface area contributed by atoms with Crippen LogP contribution in [0.15, 0.2) is 0 Å². The van der Waals surface area contributed by atoms with Crippen molar-refractivity contribution < 1.29 is 14.2 Å². The maximum atomic E-state index is 5.37. The van der Waals surface area contributed by atoms with E-state index in [0.29, 0.717) is 13.6 Å². The maximum Gasteiger partial charge on any atom is 0.149 e. The van der Waals surface area contributed by atoms with Crippen molar-refractivity contribution in [3.63, 3.8) is 0 Å². The highest BCUT2D eigenvalue weighted by Crippen LogP contribution is 2.03. The van der Waals surface area contributed by atoms with Gasteiger partial charge in [-0.15, -0.1) is 0 Å². The molecule has 19 heavy (non-hydrogen) atoms. The van der Waals surface area contributed by atoms with Crippen molar-refractivity contribution in [3.8, 4) is 0 Å². The molecular weight excluding hydrogens is 240 g/mol. The van der Waals surface area contributed by atoms with Gasteiger partial charge in [-0.1, -0.05) is 65.2 Å². The quantitative estimate of drug-likeness (QED) is 0.296. The molecule has 0 spiro atoms. The van der Waals surface area contributed by atoms with Crippen LogP contribution < -0.4 is 0 Å². The van der Waals surface area contributed by atoms with Crippen LogP contribution >= 0.6 is 0 Å². The van der Waals surface area contributed by atoms with Crippen LogP contribution in [0.25, 0.3) is 0 Å². The summed E-state index contributed by atoms with van der Waals surface area (Å²) in [6.07, 6.45) is 12.7. The SMILES string of the molecule is CCCCCCCOCOCOCCCCCCC. The molecule has 0 saturated heterocycles. The van der Waals surface area contributed by atoms with Crippen molar-refractivity contribution in [2.45, 2.75) is 78.1 Å². The van der Waals surface area contributed by atoms with Crippen molar-refractivity contribution in [1.82, 2.24) is 0 Å². The lowest BCUT2D eigenvalue weighted by Gasteiger charge is -2.07. The smallest absolute Gasteiger partial charge is 0.149 e. The molecule has 0 fully saturated rings. The molecule has 0 N–H and O–H groups in total. The Kier molecular flexibility index (Phi) is 17.8. The molecule has 0 bridgehead atoms. The largest absolute Gasteiger partial charge is 0.355 e. The maximum absolute atomic E-state index is 5.37. The van der Waals surface area contributed by atoms with E-state index in [4.69, 9.17) is 14.2 Å². The predicted octanol–water partition coefficient (Wildman–Crippen LogP) is 4.89. The first-order valence-corrected chi connectivity index (χ1v) is 8.15. The molecule has 0 radical (unpaired) electrons. The summed E-state index contributed by atoms with van der Waals surface area (Å²) in [4.78, 5) is 0. The molecule has 0 unspecified atom stereocenters. The molecule has 0 heterocycles. The molecule has 116 valence electrons. The minimum absolute atomic E-state index is 0.365. The molecule has 3 heteroatoms. The molecule has 3 nitrogen and oxygen atoms in total. The molecule has 0 saturated carbocycles. The van der Waals surface area contributed by atoms with Gasteiger partial charge in [0.15, 0.2) is 0 Å². The number of hydrogen-bond donors (Lipinski definition) is 0. The monoisotopic (exact) mass is 274 g/mol. The van der Waals surface area contributed by atoms with Gasteiger partial charge in [-0.25, -0.2) is 0 Å². The lowest BCUT2D eigenvalue weighted by atomic mass is 10.2. The van der Waals surface area contributed by atoms with E-state index in [9.17, 15) is 0 Å². The molecule has 0 aliphatic carbocycles. The van der Waals surface area contributed by atoms with Crippen LogP contribution in [-0.2, 0) is 14.2 Å². The number of hydrogen-bond acceptors (Lipinski definition) is 3. The third kappa shape index (κ3) is 17.9. The van der Waals surface area contributed by atoms with Crippen molar-refractivity contribution >= 4 is 0 Å². The average Bonchev–Trinajstić information content (AvgIpc) is 2.43. The van der Waals surface area contributed by atoms with Crippen molar-refractivity contribution in [2.24, 2.45) is 0 Å². The van der Waals surface area contributed by atoms with Gasteiger partial charge in [0.05, 0.1) is 0 Å². The molecule has 0 amide bonds. The van der Waals surface area contributed by atoms with Crippen LogP contribution in [0.4, 0.5) is 0 Å². The first kappa shape index (κ1) is 18.9. The molecule has 0 aromatic carbocycles. The summed E-state index contributed by atoms with van der Waals surface area (Å²) >= 11 is 0. The minimum atomic E-state index is 0.365. The summed E-state index contributed by atoms with van der Waals surface area (Å²) < 4.78 is 16.0. The standard InChI is InChI=1S/C16H34O3/c1-3-5-7-9-11-13-17-15-19-16-18-14-12-10-8-6-4-2/h3-16H2,1-2H3. The first-order chi connectivity index (χ1) is 9.41. The van der Waals surface area contributed by atoms with E-state index in [1.54, 1.807) is 0 Å². The van der Waals surface area contributed by atoms with Crippen LogP contribution in [-0.4, -0.2) is 26.8 Å². The van der Waals surface area contributed by atoms with Gasteiger partial charge >= 0.3 is 0 Å². The summed E-state index contributed by atoms with van der Waals surface area (Å²) in [6, 6.07) is 0. The Morgan fingerprint density at radius 3 is 1.32 bits per heavy atom. The number of rotatable bonds is 16. The lowest BCUT2D eigenvalue weighted by molar-refractivity contribution is -0.131. The van der Waals surface area contributed by atoms with Crippen molar-refractivity contribution in [2.75, 3.05) is 26.8 Å². The molecule has 0 aromatic heterocycles. The van der Waals surface area contributed by atoms with Crippen LogP contribution in [0.3, 0.4) is 0 Å². The zero-order valence-electron chi connectivity index (χ0n) is 13.1. The summed E-state index contributed by atoms with van der Waals surface area (Å²) in [5.74, 6) is 0. The Bertz CT molecular complexity index is 135. The Labute approximate surface area is 120 Å². The zero-order chi connectivity index (χ0) is 14.0. The molecular formula is C16H34O3. The molecule has 0 aliphatic heterocycles. The average molecular weight is 274 g/mol. The van der Waals surface area contributed by atoms with Gasteiger partial charge in [0.2, 0.25) is 0 Å². The second kappa shape index (κ2) is 17.9. The zero-order valence-corrected chi connectivity index (χ0v) is 13.1. The number of unbranched alkanes of at least 4 members (excludes halogenated alkanes) is 8. The van der Waals surface area contributed by atoms with Gasteiger partial charge in [0.25, 0.3) is 0 Å². The summed E-state index contributed by atoms with van der Waals surface area (Å²) in [6.45, 7) is 6.80. The second-order valence-corrected chi connectivity index (χ2v) is 5.08. The van der Waals surface area contributed by atoms with Crippen molar-refractivity contribution in [3.05, 3.63) is 0 Å². The van der Waals surface area contributed by atoms with E-state index in [1.165, 1.54) is 51.4 Å². The molecule has 0 aromatic rings. The third-order valence-corrected chi connectivity index (χ3v) is 3.12. The number of ether oxygens (including phenoxy) is 3. The Hall–Kier alpha value is -0.120. The first-order valence-electron chi connectivity index (χ1n) is 8.15. The normalized spacial score (nSPS) is 11.1. The topological polar surface area (TPSA) is 27.7 Å². The van der Waals surface area contributed by atoms with E-state index in [2.05, 4.69) is 13.8 Å². The highest BCUT2D eigenvalue weighted by molar-refractivity contribution is 4.41. The fraction of sp³-hybridized carbons (Fsp3) is 1.00. The van der Waals surface area contributed by atoms with Gasteiger partial charge in [0, 0.05) is 13.2 Å². The second-order valence-electron chi connectivity index (χ2n) is 5.08. The van der Waals surface area contributed by atoms with Crippen LogP contribution in [0.2, 0.25) is 0 Å². The third-order valence-electron chi connectivity index (χ3n) is 3.12. The van der Waals surface area contributed by atoms with Gasteiger partial charge in [-0.2, -0.15) is 0 Å². The highest BCUT2D eigenvalue weighted by Gasteiger charge is 1.92. The van der Waals surface area contributed by atoms with E-state index in [1.807, 2.05) is 0 Å².